The topological polar surface area (TPSA) is 97.7 Å². The molecule has 0 aliphatic carbocycles. The van der Waals surface area contributed by atoms with Gasteiger partial charge in [0.1, 0.15) is 31.0 Å². The number of aliphatic hydroxyl groups excluding tert-OH is 2. The fourth-order valence-electron chi connectivity index (χ4n) is 5.39. The van der Waals surface area contributed by atoms with Gasteiger partial charge in [0.2, 0.25) is 0 Å². The van der Waals surface area contributed by atoms with E-state index in [1.54, 1.807) is 0 Å². The molecule has 2 N–H and O–H groups in total. The van der Waals surface area contributed by atoms with Crippen molar-refractivity contribution in [2.24, 2.45) is 0 Å². The normalized spacial score (nSPS) is 20.6. The molecule has 1 amide bonds. The van der Waals surface area contributed by atoms with E-state index in [2.05, 4.69) is 0 Å². The summed E-state index contributed by atoms with van der Waals surface area (Å²) in [5.41, 5.74) is 3.67. The third-order valence-electron chi connectivity index (χ3n) is 7.66. The summed E-state index contributed by atoms with van der Waals surface area (Å²) in [5, 5.41) is 21.3. The first kappa shape index (κ1) is 31.4. The summed E-state index contributed by atoms with van der Waals surface area (Å²) in [6.07, 6.45) is -4.15. The molecule has 1 fully saturated rings. The molecule has 8 heteroatoms. The van der Waals surface area contributed by atoms with Crippen LogP contribution in [0.25, 0.3) is 0 Å². The van der Waals surface area contributed by atoms with Gasteiger partial charge in [0, 0.05) is 0 Å². The average Bonchev–Trinajstić information content (AvgIpc) is 3.09. The third kappa shape index (κ3) is 8.53. The second-order valence-corrected chi connectivity index (χ2v) is 10.8. The smallest absolute Gasteiger partial charge is 0.410 e. The number of benzene rings is 4. The zero-order valence-electron chi connectivity index (χ0n) is 24.6. The Labute approximate surface area is 258 Å². The minimum Gasteiger partial charge on any atom is -0.445 e. The Morgan fingerprint density at radius 1 is 0.636 bits per heavy atom. The number of piperidine rings is 1. The van der Waals surface area contributed by atoms with Crippen LogP contribution in [-0.2, 0) is 45.4 Å². The van der Waals surface area contributed by atoms with Gasteiger partial charge in [0.05, 0.1) is 39.0 Å². The van der Waals surface area contributed by atoms with Crippen molar-refractivity contribution in [1.82, 2.24) is 4.90 Å². The van der Waals surface area contributed by atoms with E-state index in [-0.39, 0.29) is 33.0 Å². The number of aliphatic hydroxyl groups is 2. The molecule has 1 aliphatic heterocycles. The minimum absolute atomic E-state index is 0.0527. The Morgan fingerprint density at radius 3 is 1.50 bits per heavy atom. The summed E-state index contributed by atoms with van der Waals surface area (Å²) in [5.74, 6) is 0. The van der Waals surface area contributed by atoms with Gasteiger partial charge in [0.25, 0.3) is 0 Å². The maximum absolute atomic E-state index is 13.7. The van der Waals surface area contributed by atoms with E-state index in [1.807, 2.05) is 121 Å². The van der Waals surface area contributed by atoms with Gasteiger partial charge in [0.15, 0.2) is 0 Å². The van der Waals surface area contributed by atoms with Crippen molar-refractivity contribution in [2.75, 3.05) is 13.2 Å². The Balaban J connectivity index is 1.46. The quantitative estimate of drug-likeness (QED) is 0.221. The predicted octanol–water partition coefficient (Wildman–Crippen LogP) is 5.12. The highest BCUT2D eigenvalue weighted by atomic mass is 16.6. The Bertz CT molecular complexity index is 1390. The van der Waals surface area contributed by atoms with Crippen LogP contribution in [0.15, 0.2) is 121 Å². The lowest BCUT2D eigenvalue weighted by molar-refractivity contribution is -0.213. The predicted molar refractivity (Wildman–Crippen MR) is 165 cm³/mol. The van der Waals surface area contributed by atoms with Gasteiger partial charge >= 0.3 is 6.09 Å². The molecule has 0 bridgehead atoms. The molecule has 8 nitrogen and oxygen atoms in total. The fraction of sp³-hybridized carbons (Fsp3) is 0.306. The highest BCUT2D eigenvalue weighted by Gasteiger charge is 2.50. The second kappa shape index (κ2) is 16.1. The van der Waals surface area contributed by atoms with Crippen molar-refractivity contribution in [3.8, 4) is 0 Å². The number of carbonyl (C=O) groups is 1. The number of ether oxygens (including phenoxy) is 4. The lowest BCUT2D eigenvalue weighted by Crippen LogP contribution is -2.68. The first-order valence-corrected chi connectivity index (χ1v) is 14.8. The Morgan fingerprint density at radius 2 is 1.05 bits per heavy atom. The van der Waals surface area contributed by atoms with Crippen LogP contribution in [0.3, 0.4) is 0 Å². The molecule has 0 spiro atoms. The summed E-state index contributed by atoms with van der Waals surface area (Å²) >= 11 is 0. The van der Waals surface area contributed by atoms with Crippen LogP contribution in [0.4, 0.5) is 4.79 Å². The van der Waals surface area contributed by atoms with Crippen molar-refractivity contribution >= 4 is 6.09 Å². The zero-order chi connectivity index (χ0) is 30.6. The van der Waals surface area contributed by atoms with Gasteiger partial charge in [-0.15, -0.1) is 0 Å². The van der Waals surface area contributed by atoms with Gasteiger partial charge in [-0.05, 0) is 22.3 Å². The summed E-state index contributed by atoms with van der Waals surface area (Å²) < 4.78 is 25.2. The molecule has 1 aliphatic rings. The fourth-order valence-corrected chi connectivity index (χ4v) is 5.39. The molecule has 4 unspecified atom stereocenters. The van der Waals surface area contributed by atoms with Crippen LogP contribution in [0.2, 0.25) is 0 Å². The number of likely N-dealkylation sites (tertiary alicyclic amines) is 1. The molecular formula is C36H39NO7. The monoisotopic (exact) mass is 597 g/mol. The molecule has 0 aromatic heterocycles. The van der Waals surface area contributed by atoms with Crippen LogP contribution in [0, 0.1) is 0 Å². The summed E-state index contributed by atoms with van der Waals surface area (Å²) in [6.45, 7) is 0.275. The number of hydrogen-bond acceptors (Lipinski definition) is 7. The first-order valence-electron chi connectivity index (χ1n) is 14.8. The molecule has 0 radical (unpaired) electrons. The van der Waals surface area contributed by atoms with Crippen LogP contribution < -0.4 is 0 Å². The van der Waals surface area contributed by atoms with Crippen LogP contribution in [0.5, 0.6) is 0 Å². The van der Waals surface area contributed by atoms with E-state index < -0.39 is 43.2 Å². The molecule has 5 rings (SSSR count). The standard InChI is InChI=1S/C36H39NO7/c38-22-31(39)33-35(43-25-29-17-9-3-10-18-29)34(42-24-28-15-7-2-8-16-28)32(41-23-27-13-5-1-6-14-27)21-37(33)36(40)44-26-30-19-11-4-12-20-30/h1-20,31-35,38-39H,21-26H2/t31?,32?,33?,34?,35-/m1/s1. The Hall–Kier alpha value is -4.05. The summed E-state index contributed by atoms with van der Waals surface area (Å²) in [6, 6.07) is 37.6. The highest BCUT2D eigenvalue weighted by molar-refractivity contribution is 5.68. The van der Waals surface area contributed by atoms with Crippen molar-refractivity contribution in [3.05, 3.63) is 144 Å². The van der Waals surface area contributed by atoms with Gasteiger partial charge in [-0.25, -0.2) is 4.79 Å². The lowest BCUT2D eigenvalue weighted by Gasteiger charge is -2.49. The third-order valence-corrected chi connectivity index (χ3v) is 7.66. The SMILES string of the molecule is O=C(OCc1ccccc1)N1CC(OCc2ccccc2)C(OCc2ccccc2)[C@H](OCc2ccccc2)C1C(O)CO. The van der Waals surface area contributed by atoms with Crippen molar-refractivity contribution in [2.45, 2.75) is 56.9 Å². The van der Waals surface area contributed by atoms with Gasteiger partial charge in [-0.1, -0.05) is 121 Å². The minimum atomic E-state index is -1.32. The molecule has 0 saturated carbocycles. The van der Waals surface area contributed by atoms with E-state index in [9.17, 15) is 15.0 Å². The molecule has 1 heterocycles. The number of hydrogen-bond donors (Lipinski definition) is 2. The van der Waals surface area contributed by atoms with Gasteiger partial charge in [-0.3, -0.25) is 4.90 Å². The van der Waals surface area contributed by atoms with Crippen LogP contribution in [-0.4, -0.2) is 64.8 Å². The summed E-state index contributed by atoms with van der Waals surface area (Å²) in [4.78, 5) is 15.1. The van der Waals surface area contributed by atoms with Gasteiger partial charge in [-0.2, -0.15) is 0 Å². The average molecular weight is 598 g/mol. The van der Waals surface area contributed by atoms with E-state index in [0.29, 0.717) is 0 Å². The van der Waals surface area contributed by atoms with E-state index >= 15 is 0 Å². The molecule has 44 heavy (non-hydrogen) atoms. The molecular weight excluding hydrogens is 558 g/mol. The van der Waals surface area contributed by atoms with E-state index in [4.69, 9.17) is 18.9 Å². The molecule has 4 aromatic rings. The molecule has 5 atom stereocenters. The Kier molecular flexibility index (Phi) is 11.5. The largest absolute Gasteiger partial charge is 0.445 e. The maximum Gasteiger partial charge on any atom is 0.410 e. The molecule has 230 valence electrons. The molecule has 4 aromatic carbocycles. The highest BCUT2D eigenvalue weighted by Crippen LogP contribution is 2.31. The zero-order valence-corrected chi connectivity index (χ0v) is 24.6. The number of rotatable bonds is 13. The van der Waals surface area contributed by atoms with Gasteiger partial charge < -0.3 is 29.2 Å². The molecule has 1 saturated heterocycles. The van der Waals surface area contributed by atoms with Crippen LogP contribution in [0.1, 0.15) is 22.3 Å². The van der Waals surface area contributed by atoms with E-state index in [0.717, 1.165) is 22.3 Å². The van der Waals surface area contributed by atoms with Crippen molar-refractivity contribution < 1.29 is 34.0 Å². The number of nitrogens with zero attached hydrogens (tertiary/aromatic N) is 1. The van der Waals surface area contributed by atoms with Crippen LogP contribution >= 0.6 is 0 Å². The maximum atomic E-state index is 13.7. The van der Waals surface area contributed by atoms with Crippen molar-refractivity contribution in [3.63, 3.8) is 0 Å². The first-order chi connectivity index (χ1) is 21.6. The van der Waals surface area contributed by atoms with Crippen molar-refractivity contribution in [1.29, 1.82) is 0 Å². The van der Waals surface area contributed by atoms with E-state index in [1.165, 1.54) is 4.90 Å². The number of amides is 1. The number of carbonyl (C=O) groups excluding carboxylic acids is 1. The summed E-state index contributed by atoms with van der Waals surface area (Å²) in [7, 11) is 0. The lowest BCUT2D eigenvalue weighted by atomic mass is 9.89. The second-order valence-electron chi connectivity index (χ2n) is 10.8.